The van der Waals surface area contributed by atoms with E-state index >= 15 is 0 Å². The Morgan fingerprint density at radius 2 is 2.30 bits per heavy atom. The standard InChI is InChI=1S/C15H21ClN2O2/c16-12-5-3-4-11(8-12)10-18-7-2-1-6-13(18)9-14(17)15(19)20/h3-5,8,13-14H,1-2,6-7,9-10,17H2,(H,19,20). The minimum atomic E-state index is -0.918. The van der Waals surface area contributed by atoms with E-state index in [0.717, 1.165) is 42.9 Å². The Morgan fingerprint density at radius 3 is 3.00 bits per heavy atom. The van der Waals surface area contributed by atoms with Crippen molar-refractivity contribution in [2.75, 3.05) is 6.54 Å². The molecule has 4 nitrogen and oxygen atoms in total. The number of nitrogens with zero attached hydrogens (tertiary/aromatic N) is 1. The average Bonchev–Trinajstić information content (AvgIpc) is 2.41. The van der Waals surface area contributed by atoms with Crippen molar-refractivity contribution >= 4 is 17.6 Å². The van der Waals surface area contributed by atoms with Crippen LogP contribution in [0.1, 0.15) is 31.2 Å². The summed E-state index contributed by atoms with van der Waals surface area (Å²) in [5.74, 6) is -0.918. The summed E-state index contributed by atoms with van der Waals surface area (Å²) in [6.45, 7) is 1.79. The van der Waals surface area contributed by atoms with Crippen molar-refractivity contribution in [2.24, 2.45) is 5.73 Å². The normalized spacial score (nSPS) is 21.6. The molecule has 2 unspecified atom stereocenters. The predicted molar refractivity (Wildman–Crippen MR) is 79.7 cm³/mol. The van der Waals surface area contributed by atoms with Crippen molar-refractivity contribution in [3.8, 4) is 0 Å². The molecule has 0 aliphatic carbocycles. The number of likely N-dealkylation sites (tertiary alicyclic amines) is 1. The summed E-state index contributed by atoms with van der Waals surface area (Å²) in [5.41, 5.74) is 6.84. The van der Waals surface area contributed by atoms with Crippen LogP contribution in [0.5, 0.6) is 0 Å². The monoisotopic (exact) mass is 296 g/mol. The molecule has 110 valence electrons. The first kappa shape index (κ1) is 15.3. The van der Waals surface area contributed by atoms with Gasteiger partial charge in [-0.25, -0.2) is 0 Å². The number of piperidine rings is 1. The van der Waals surface area contributed by atoms with E-state index in [9.17, 15) is 4.79 Å². The van der Waals surface area contributed by atoms with E-state index in [2.05, 4.69) is 11.0 Å². The molecule has 0 spiro atoms. The van der Waals surface area contributed by atoms with Crippen molar-refractivity contribution < 1.29 is 9.90 Å². The number of carboxylic acid groups (broad SMARTS) is 1. The molecule has 20 heavy (non-hydrogen) atoms. The zero-order valence-corrected chi connectivity index (χ0v) is 12.2. The van der Waals surface area contributed by atoms with Gasteiger partial charge in [0.2, 0.25) is 0 Å². The summed E-state index contributed by atoms with van der Waals surface area (Å²) in [7, 11) is 0. The molecule has 0 saturated carbocycles. The molecular weight excluding hydrogens is 276 g/mol. The van der Waals surface area contributed by atoms with Crippen LogP contribution in [-0.2, 0) is 11.3 Å². The summed E-state index contributed by atoms with van der Waals surface area (Å²) in [5, 5.41) is 9.70. The summed E-state index contributed by atoms with van der Waals surface area (Å²) < 4.78 is 0. The molecular formula is C15H21ClN2O2. The van der Waals surface area contributed by atoms with E-state index in [1.165, 1.54) is 0 Å². The Morgan fingerprint density at radius 1 is 1.50 bits per heavy atom. The van der Waals surface area contributed by atoms with E-state index in [0.29, 0.717) is 6.42 Å². The Bertz CT molecular complexity index is 467. The lowest BCUT2D eigenvalue weighted by atomic mass is 9.95. The highest BCUT2D eigenvalue weighted by Gasteiger charge is 2.26. The van der Waals surface area contributed by atoms with Gasteiger partial charge in [0, 0.05) is 17.6 Å². The lowest BCUT2D eigenvalue weighted by Crippen LogP contribution is -2.44. The van der Waals surface area contributed by atoms with E-state index < -0.39 is 12.0 Å². The number of carboxylic acids is 1. The second-order valence-corrected chi connectivity index (χ2v) is 5.87. The maximum Gasteiger partial charge on any atom is 0.320 e. The predicted octanol–water partition coefficient (Wildman–Crippen LogP) is 2.50. The van der Waals surface area contributed by atoms with Crippen LogP contribution in [0.4, 0.5) is 0 Å². The van der Waals surface area contributed by atoms with Crippen LogP contribution < -0.4 is 5.73 Å². The van der Waals surface area contributed by atoms with Gasteiger partial charge in [-0.1, -0.05) is 30.2 Å². The highest BCUT2D eigenvalue weighted by atomic mass is 35.5. The maximum absolute atomic E-state index is 10.9. The fraction of sp³-hybridized carbons (Fsp3) is 0.533. The summed E-state index contributed by atoms with van der Waals surface area (Å²) in [6.07, 6.45) is 3.82. The van der Waals surface area contributed by atoms with Gasteiger partial charge in [0.1, 0.15) is 6.04 Å². The summed E-state index contributed by atoms with van der Waals surface area (Å²) >= 11 is 6.01. The number of rotatable bonds is 5. The number of aliphatic carboxylic acids is 1. The van der Waals surface area contributed by atoms with E-state index in [-0.39, 0.29) is 6.04 Å². The average molecular weight is 297 g/mol. The molecule has 2 rings (SSSR count). The molecule has 1 aliphatic rings. The van der Waals surface area contributed by atoms with Gasteiger partial charge in [-0.05, 0) is 43.5 Å². The van der Waals surface area contributed by atoms with E-state index in [4.69, 9.17) is 22.4 Å². The number of benzene rings is 1. The summed E-state index contributed by atoms with van der Waals surface area (Å²) in [6, 6.07) is 7.28. The SMILES string of the molecule is NC(CC1CCCCN1Cc1cccc(Cl)c1)C(=O)O. The fourth-order valence-electron chi connectivity index (χ4n) is 2.80. The van der Waals surface area contributed by atoms with Gasteiger partial charge in [-0.2, -0.15) is 0 Å². The molecule has 0 bridgehead atoms. The molecule has 0 radical (unpaired) electrons. The van der Waals surface area contributed by atoms with Crippen molar-refractivity contribution in [3.05, 3.63) is 34.9 Å². The minimum absolute atomic E-state index is 0.244. The van der Waals surface area contributed by atoms with Crippen molar-refractivity contribution in [1.82, 2.24) is 4.90 Å². The highest BCUT2D eigenvalue weighted by molar-refractivity contribution is 6.30. The van der Waals surface area contributed by atoms with E-state index in [1.54, 1.807) is 0 Å². The lowest BCUT2D eigenvalue weighted by molar-refractivity contribution is -0.139. The molecule has 1 heterocycles. The molecule has 1 aromatic carbocycles. The van der Waals surface area contributed by atoms with Crippen LogP contribution in [0.25, 0.3) is 0 Å². The van der Waals surface area contributed by atoms with E-state index in [1.807, 2.05) is 18.2 Å². The first-order valence-electron chi connectivity index (χ1n) is 7.03. The number of nitrogens with two attached hydrogens (primary N) is 1. The zero-order chi connectivity index (χ0) is 14.5. The first-order chi connectivity index (χ1) is 9.56. The van der Waals surface area contributed by atoms with Gasteiger partial charge in [0.05, 0.1) is 0 Å². The van der Waals surface area contributed by atoms with Gasteiger partial charge in [-0.15, -0.1) is 0 Å². The smallest absolute Gasteiger partial charge is 0.320 e. The maximum atomic E-state index is 10.9. The third-order valence-corrected chi connectivity index (χ3v) is 4.10. The Labute approximate surface area is 124 Å². The van der Waals surface area contributed by atoms with Crippen LogP contribution in [0.15, 0.2) is 24.3 Å². The molecule has 2 atom stereocenters. The van der Waals surface area contributed by atoms with Crippen LogP contribution >= 0.6 is 11.6 Å². The largest absolute Gasteiger partial charge is 0.480 e. The third-order valence-electron chi connectivity index (χ3n) is 3.87. The van der Waals surface area contributed by atoms with Gasteiger partial charge < -0.3 is 10.8 Å². The molecule has 0 aromatic heterocycles. The van der Waals surface area contributed by atoms with Gasteiger partial charge in [0.25, 0.3) is 0 Å². The van der Waals surface area contributed by atoms with Gasteiger partial charge in [0.15, 0.2) is 0 Å². The second-order valence-electron chi connectivity index (χ2n) is 5.43. The molecule has 5 heteroatoms. The van der Waals surface area contributed by atoms with Crippen LogP contribution in [0.3, 0.4) is 0 Å². The number of hydrogen-bond acceptors (Lipinski definition) is 3. The van der Waals surface area contributed by atoms with Crippen LogP contribution in [-0.4, -0.2) is 34.6 Å². The van der Waals surface area contributed by atoms with Gasteiger partial charge >= 0.3 is 5.97 Å². The van der Waals surface area contributed by atoms with Crippen molar-refractivity contribution in [1.29, 1.82) is 0 Å². The number of halogens is 1. The molecule has 1 fully saturated rings. The molecule has 3 N–H and O–H groups in total. The van der Waals surface area contributed by atoms with Gasteiger partial charge in [-0.3, -0.25) is 9.69 Å². The quantitative estimate of drug-likeness (QED) is 0.876. The van der Waals surface area contributed by atoms with Crippen molar-refractivity contribution in [2.45, 2.75) is 44.3 Å². The second kappa shape index (κ2) is 7.07. The molecule has 0 amide bonds. The van der Waals surface area contributed by atoms with Crippen LogP contribution in [0.2, 0.25) is 5.02 Å². The Kier molecular flexibility index (Phi) is 5.40. The summed E-state index contributed by atoms with van der Waals surface area (Å²) in [4.78, 5) is 13.3. The first-order valence-corrected chi connectivity index (χ1v) is 7.41. The Hall–Kier alpha value is -1.10. The van der Waals surface area contributed by atoms with Crippen molar-refractivity contribution in [3.63, 3.8) is 0 Å². The third kappa shape index (κ3) is 4.20. The number of hydrogen-bond donors (Lipinski definition) is 2. The highest BCUT2D eigenvalue weighted by Crippen LogP contribution is 2.23. The van der Waals surface area contributed by atoms with Crippen LogP contribution in [0, 0.1) is 0 Å². The molecule has 1 aliphatic heterocycles. The minimum Gasteiger partial charge on any atom is -0.480 e. The topological polar surface area (TPSA) is 66.6 Å². The lowest BCUT2D eigenvalue weighted by Gasteiger charge is -2.36. The molecule has 1 saturated heterocycles. The zero-order valence-electron chi connectivity index (χ0n) is 11.5. The molecule has 1 aromatic rings. The Balaban J connectivity index is 2.01. The fourth-order valence-corrected chi connectivity index (χ4v) is 3.01. The number of carbonyl (C=O) groups is 1.